The first-order valence-corrected chi connectivity index (χ1v) is 11.6. The molecule has 1 aliphatic carbocycles. The summed E-state index contributed by atoms with van der Waals surface area (Å²) in [6.07, 6.45) is 0.626. The van der Waals surface area contributed by atoms with Crippen LogP contribution in [0.25, 0.3) is 11.1 Å². The van der Waals surface area contributed by atoms with Crippen molar-refractivity contribution in [2.24, 2.45) is 5.92 Å². The number of carbonyl (C=O) groups excluding carboxylic acids is 1. The number of nitrogens with one attached hydrogen (secondary N) is 1. The number of rotatable bonds is 5. The molecule has 0 atom stereocenters. The van der Waals surface area contributed by atoms with E-state index in [2.05, 4.69) is 20.3 Å². The van der Waals surface area contributed by atoms with Crippen LogP contribution in [0.3, 0.4) is 0 Å². The normalized spacial score (nSPS) is 18.5. The summed E-state index contributed by atoms with van der Waals surface area (Å²) in [5, 5.41) is 2.84. The van der Waals surface area contributed by atoms with Crippen molar-refractivity contribution in [3.63, 3.8) is 0 Å². The molecule has 4 rings (SSSR count). The second kappa shape index (κ2) is 10.1. The molecule has 184 valence electrons. The van der Waals surface area contributed by atoms with Crippen LogP contribution >= 0.6 is 0 Å². The minimum absolute atomic E-state index is 0.0162. The average Bonchev–Trinajstić information content (AvgIpc) is 2.84. The van der Waals surface area contributed by atoms with Crippen LogP contribution in [0.15, 0.2) is 48.9 Å². The van der Waals surface area contributed by atoms with E-state index < -0.39 is 23.8 Å². The summed E-state index contributed by atoms with van der Waals surface area (Å²) in [4.78, 5) is 26.0. The van der Waals surface area contributed by atoms with Gasteiger partial charge in [-0.1, -0.05) is 32.0 Å². The lowest BCUT2D eigenvalue weighted by molar-refractivity contribution is -0.182. The van der Waals surface area contributed by atoms with E-state index in [1.54, 1.807) is 24.3 Å². The third-order valence-corrected chi connectivity index (χ3v) is 6.41. The molecule has 0 unspecified atom stereocenters. The van der Waals surface area contributed by atoms with Gasteiger partial charge in [-0.05, 0) is 37.8 Å². The van der Waals surface area contributed by atoms with E-state index >= 15 is 0 Å². The van der Waals surface area contributed by atoms with Gasteiger partial charge in [0.15, 0.2) is 0 Å². The van der Waals surface area contributed by atoms with Crippen LogP contribution in [-0.4, -0.2) is 27.0 Å². The number of hydrogen-bond acceptors (Lipinski definition) is 4. The number of hydrogen-bond donors (Lipinski definition) is 1. The molecule has 1 fully saturated rings. The Hall–Kier alpha value is -3.36. The van der Waals surface area contributed by atoms with Crippen LogP contribution in [0.1, 0.15) is 73.2 Å². The Labute approximate surface area is 201 Å². The average molecular weight is 487 g/mol. The highest BCUT2D eigenvalue weighted by molar-refractivity contribution is 6.06. The fourth-order valence-corrected chi connectivity index (χ4v) is 4.46. The van der Waals surface area contributed by atoms with E-state index in [-0.39, 0.29) is 48.6 Å². The van der Waals surface area contributed by atoms with Gasteiger partial charge in [0, 0.05) is 41.6 Å². The maximum Gasteiger partial charge on any atom is 0.391 e. The van der Waals surface area contributed by atoms with E-state index in [9.17, 15) is 22.4 Å². The molecule has 0 radical (unpaired) electrons. The van der Waals surface area contributed by atoms with Crippen molar-refractivity contribution in [3.05, 3.63) is 71.8 Å². The number of aromatic nitrogens is 3. The van der Waals surface area contributed by atoms with Gasteiger partial charge >= 0.3 is 6.18 Å². The highest BCUT2D eigenvalue weighted by Gasteiger charge is 2.42. The van der Waals surface area contributed by atoms with Gasteiger partial charge in [-0.2, -0.15) is 13.2 Å². The van der Waals surface area contributed by atoms with Gasteiger partial charge in [-0.3, -0.25) is 9.78 Å². The molecule has 1 aliphatic rings. The van der Waals surface area contributed by atoms with E-state index in [0.717, 1.165) is 0 Å². The summed E-state index contributed by atoms with van der Waals surface area (Å²) in [6.45, 7) is 3.87. The molecule has 1 saturated carbocycles. The number of pyridine rings is 1. The zero-order chi connectivity index (χ0) is 25.2. The molecule has 0 saturated heterocycles. The lowest BCUT2D eigenvalue weighted by Crippen LogP contribution is -2.28. The number of alkyl halides is 3. The Morgan fingerprint density at radius 1 is 0.971 bits per heavy atom. The Kier molecular flexibility index (Phi) is 7.14. The van der Waals surface area contributed by atoms with Crippen LogP contribution in [0.5, 0.6) is 0 Å². The lowest BCUT2D eigenvalue weighted by Gasteiger charge is -2.31. The summed E-state index contributed by atoms with van der Waals surface area (Å²) < 4.78 is 54.3. The van der Waals surface area contributed by atoms with Crippen molar-refractivity contribution in [3.8, 4) is 11.1 Å². The molecule has 0 aliphatic heterocycles. The van der Waals surface area contributed by atoms with Gasteiger partial charge in [0.1, 0.15) is 11.6 Å². The molecule has 3 aromatic rings. The van der Waals surface area contributed by atoms with Gasteiger partial charge in [0.2, 0.25) is 0 Å². The second-order valence-electron chi connectivity index (χ2n) is 9.13. The van der Waals surface area contributed by atoms with Crippen molar-refractivity contribution >= 4 is 11.6 Å². The largest absolute Gasteiger partial charge is 0.391 e. The summed E-state index contributed by atoms with van der Waals surface area (Å²) in [5.74, 6) is -1.94. The molecule has 1 N–H and O–H groups in total. The summed E-state index contributed by atoms with van der Waals surface area (Å²) in [5.41, 5.74) is 1.65. The minimum Gasteiger partial charge on any atom is -0.320 e. The van der Waals surface area contributed by atoms with Gasteiger partial charge in [-0.25, -0.2) is 14.4 Å². The van der Waals surface area contributed by atoms with Crippen LogP contribution < -0.4 is 5.32 Å². The topological polar surface area (TPSA) is 67.8 Å². The monoisotopic (exact) mass is 486 g/mol. The summed E-state index contributed by atoms with van der Waals surface area (Å²) >= 11 is 0. The van der Waals surface area contributed by atoms with Crippen LogP contribution in [0, 0.1) is 11.7 Å². The fourth-order valence-electron chi connectivity index (χ4n) is 4.46. The SMILES string of the molecule is CC(C)c1ncc(C(=O)Nc2c(-c3ccccc3F)ccnc2[C@H]2CC[C@H](C(F)(F)F)CC2)cn1. The fraction of sp³-hybridized carbons (Fsp3) is 0.385. The third kappa shape index (κ3) is 5.49. The van der Waals surface area contributed by atoms with Crippen molar-refractivity contribution in [1.29, 1.82) is 0 Å². The highest BCUT2D eigenvalue weighted by Crippen LogP contribution is 2.45. The van der Waals surface area contributed by atoms with E-state index in [1.807, 2.05) is 13.8 Å². The maximum atomic E-state index is 14.7. The molecular weight excluding hydrogens is 460 g/mol. The Morgan fingerprint density at radius 3 is 2.23 bits per heavy atom. The number of halogens is 4. The van der Waals surface area contributed by atoms with Crippen molar-refractivity contribution < 1.29 is 22.4 Å². The van der Waals surface area contributed by atoms with Crippen molar-refractivity contribution in [2.75, 3.05) is 5.32 Å². The molecule has 1 aromatic carbocycles. The Bertz CT molecular complexity index is 1190. The number of carbonyl (C=O) groups is 1. The molecule has 9 heteroatoms. The van der Waals surface area contributed by atoms with Crippen molar-refractivity contribution in [2.45, 2.75) is 57.5 Å². The lowest BCUT2D eigenvalue weighted by atomic mass is 9.79. The molecular formula is C26H26F4N4O. The quantitative estimate of drug-likeness (QED) is 0.399. The molecule has 2 aromatic heterocycles. The minimum atomic E-state index is -4.23. The van der Waals surface area contributed by atoms with Gasteiger partial charge in [0.05, 0.1) is 22.9 Å². The maximum absolute atomic E-state index is 14.7. The molecule has 2 heterocycles. The number of anilines is 1. The van der Waals surface area contributed by atoms with E-state index in [4.69, 9.17) is 0 Å². The third-order valence-electron chi connectivity index (χ3n) is 6.41. The van der Waals surface area contributed by atoms with Crippen LogP contribution in [0.2, 0.25) is 0 Å². The first kappa shape index (κ1) is 24.8. The highest BCUT2D eigenvalue weighted by atomic mass is 19.4. The molecule has 1 amide bonds. The first-order chi connectivity index (χ1) is 16.6. The molecule has 0 bridgehead atoms. The second-order valence-corrected chi connectivity index (χ2v) is 9.13. The zero-order valence-corrected chi connectivity index (χ0v) is 19.4. The van der Waals surface area contributed by atoms with Crippen molar-refractivity contribution in [1.82, 2.24) is 15.0 Å². The van der Waals surface area contributed by atoms with Gasteiger partial charge < -0.3 is 5.32 Å². The predicted molar refractivity (Wildman–Crippen MR) is 124 cm³/mol. The van der Waals surface area contributed by atoms with Crippen LogP contribution in [0.4, 0.5) is 23.2 Å². The number of amides is 1. The number of nitrogens with zero attached hydrogens (tertiary/aromatic N) is 3. The summed E-state index contributed by atoms with van der Waals surface area (Å²) in [6, 6.07) is 7.73. The summed E-state index contributed by atoms with van der Waals surface area (Å²) in [7, 11) is 0. The smallest absolute Gasteiger partial charge is 0.320 e. The Morgan fingerprint density at radius 2 is 1.63 bits per heavy atom. The molecule has 35 heavy (non-hydrogen) atoms. The zero-order valence-electron chi connectivity index (χ0n) is 19.4. The van der Waals surface area contributed by atoms with E-state index in [1.165, 1.54) is 24.7 Å². The predicted octanol–water partition coefficient (Wildman–Crippen LogP) is 6.89. The first-order valence-electron chi connectivity index (χ1n) is 11.6. The number of benzene rings is 1. The van der Waals surface area contributed by atoms with Gasteiger partial charge in [-0.15, -0.1) is 0 Å². The standard InChI is InChI=1S/C26H26F4N4O/c1-15(2)24-32-13-17(14-33-24)25(35)34-23-20(19-5-3-4-6-21(19)27)11-12-31-22(23)16-7-9-18(10-8-16)26(28,29)30/h3-6,11-16,18H,7-10H2,1-2H3,(H,34,35)/t16-,18-. The van der Waals surface area contributed by atoms with E-state index in [0.29, 0.717) is 22.8 Å². The molecule has 0 spiro atoms. The molecule has 5 nitrogen and oxygen atoms in total. The van der Waals surface area contributed by atoms with Gasteiger partial charge in [0.25, 0.3) is 5.91 Å². The van der Waals surface area contributed by atoms with Crippen LogP contribution in [-0.2, 0) is 0 Å². The Balaban J connectivity index is 1.70.